The van der Waals surface area contributed by atoms with Crippen molar-refractivity contribution < 1.29 is 18.0 Å². The molecule has 0 aliphatic carbocycles. The minimum atomic E-state index is -2.51. The Morgan fingerprint density at radius 3 is 1.95 bits per heavy atom. The third kappa shape index (κ3) is 9.02. The summed E-state index contributed by atoms with van der Waals surface area (Å²) in [6.07, 6.45) is 2.05. The number of ether oxygens (including phenoxy) is 1. The van der Waals surface area contributed by atoms with Gasteiger partial charge in [-0.3, -0.25) is 0 Å². The SMILES string of the molecule is CCO[Si](CC(C)CCCOC(C)=S)(OCC)OCC. The molecule has 0 aliphatic heterocycles. The van der Waals surface area contributed by atoms with Gasteiger partial charge in [-0.1, -0.05) is 6.92 Å². The molecular formula is C14H30O4SSi. The molecule has 6 heteroatoms. The Morgan fingerprint density at radius 1 is 1.05 bits per heavy atom. The average molecular weight is 323 g/mol. The first-order valence-electron chi connectivity index (χ1n) is 7.54. The standard InChI is InChI=1S/C14H30O4SSi/c1-6-16-20(17-7-2,18-8-3)12-13(4)10-9-11-15-14(5)19/h13H,6-12H2,1-5H3. The van der Waals surface area contributed by atoms with Crippen LogP contribution in [0, 0.1) is 5.92 Å². The molecule has 0 saturated heterocycles. The molecular weight excluding hydrogens is 292 g/mol. The maximum absolute atomic E-state index is 5.87. The molecule has 0 radical (unpaired) electrons. The van der Waals surface area contributed by atoms with E-state index in [0.29, 0.717) is 37.4 Å². The second-order valence-corrected chi connectivity index (χ2v) is 7.99. The monoisotopic (exact) mass is 322 g/mol. The summed E-state index contributed by atoms with van der Waals surface area (Å²) in [5.74, 6) is 0.486. The minimum absolute atomic E-state index is 0.486. The highest BCUT2D eigenvalue weighted by Crippen LogP contribution is 2.24. The van der Waals surface area contributed by atoms with Gasteiger partial charge in [-0.2, -0.15) is 0 Å². The van der Waals surface area contributed by atoms with Gasteiger partial charge in [0.1, 0.15) is 0 Å². The zero-order chi connectivity index (χ0) is 15.4. The highest BCUT2D eigenvalue weighted by atomic mass is 32.1. The summed E-state index contributed by atoms with van der Waals surface area (Å²) in [5, 5.41) is 0.610. The van der Waals surface area contributed by atoms with Crippen LogP contribution >= 0.6 is 12.2 Å². The molecule has 0 saturated carbocycles. The predicted molar refractivity (Wildman–Crippen MR) is 88.1 cm³/mol. The van der Waals surface area contributed by atoms with Crippen molar-refractivity contribution >= 4 is 26.1 Å². The molecule has 20 heavy (non-hydrogen) atoms. The number of hydrogen-bond donors (Lipinski definition) is 0. The van der Waals surface area contributed by atoms with Crippen LogP contribution in [0.1, 0.15) is 47.5 Å². The molecule has 120 valence electrons. The fourth-order valence-corrected chi connectivity index (χ4v) is 5.20. The van der Waals surface area contributed by atoms with Crippen molar-refractivity contribution in [1.29, 1.82) is 0 Å². The van der Waals surface area contributed by atoms with E-state index in [1.807, 2.05) is 20.8 Å². The third-order valence-electron chi connectivity index (χ3n) is 2.84. The van der Waals surface area contributed by atoms with Gasteiger partial charge in [0.2, 0.25) is 0 Å². The summed E-state index contributed by atoms with van der Waals surface area (Å²) in [5.41, 5.74) is 0. The summed E-state index contributed by atoms with van der Waals surface area (Å²) >= 11 is 4.89. The smallest absolute Gasteiger partial charge is 0.487 e. The van der Waals surface area contributed by atoms with Gasteiger partial charge < -0.3 is 18.0 Å². The maximum atomic E-state index is 5.87. The van der Waals surface area contributed by atoms with Crippen LogP contribution < -0.4 is 0 Å². The lowest BCUT2D eigenvalue weighted by Crippen LogP contribution is -2.47. The molecule has 0 aromatic carbocycles. The van der Waals surface area contributed by atoms with E-state index in [0.717, 1.165) is 18.9 Å². The van der Waals surface area contributed by atoms with Crippen molar-refractivity contribution in [3.63, 3.8) is 0 Å². The van der Waals surface area contributed by atoms with E-state index in [2.05, 4.69) is 6.92 Å². The highest BCUT2D eigenvalue weighted by Gasteiger charge is 2.41. The molecule has 0 amide bonds. The van der Waals surface area contributed by atoms with Crippen LogP contribution in [-0.4, -0.2) is 40.3 Å². The molecule has 1 atom stereocenters. The van der Waals surface area contributed by atoms with Gasteiger partial charge in [-0.15, -0.1) is 0 Å². The molecule has 4 nitrogen and oxygen atoms in total. The van der Waals surface area contributed by atoms with E-state index >= 15 is 0 Å². The fourth-order valence-electron chi connectivity index (χ4n) is 2.14. The summed E-state index contributed by atoms with van der Waals surface area (Å²) in [6, 6.07) is 0.860. The van der Waals surface area contributed by atoms with Gasteiger partial charge in [0.15, 0.2) is 5.05 Å². The summed E-state index contributed by atoms with van der Waals surface area (Å²) in [7, 11) is -2.51. The Labute approximate surface area is 130 Å². The quantitative estimate of drug-likeness (QED) is 0.310. The van der Waals surface area contributed by atoms with Crippen molar-refractivity contribution in [2.45, 2.75) is 53.5 Å². The Morgan fingerprint density at radius 2 is 1.55 bits per heavy atom. The van der Waals surface area contributed by atoms with Crippen LogP contribution in [0.25, 0.3) is 0 Å². The first-order chi connectivity index (χ1) is 9.49. The number of thiocarbonyl (C=S) groups is 1. The van der Waals surface area contributed by atoms with E-state index in [1.165, 1.54) is 0 Å². The van der Waals surface area contributed by atoms with Crippen molar-refractivity contribution in [2.24, 2.45) is 5.92 Å². The largest absolute Gasteiger partial charge is 0.501 e. The van der Waals surface area contributed by atoms with Crippen LogP contribution in [0.4, 0.5) is 0 Å². The van der Waals surface area contributed by atoms with Gasteiger partial charge >= 0.3 is 8.80 Å². The molecule has 1 unspecified atom stereocenters. The van der Waals surface area contributed by atoms with Crippen LogP contribution in [-0.2, 0) is 18.0 Å². The first kappa shape index (κ1) is 20.0. The van der Waals surface area contributed by atoms with Gasteiger partial charge in [0.25, 0.3) is 0 Å². The molecule has 0 N–H and O–H groups in total. The summed E-state index contributed by atoms with van der Waals surface area (Å²) < 4.78 is 22.9. The van der Waals surface area contributed by atoms with Crippen molar-refractivity contribution in [3.05, 3.63) is 0 Å². The predicted octanol–water partition coefficient (Wildman–Crippen LogP) is 3.82. The van der Waals surface area contributed by atoms with E-state index in [1.54, 1.807) is 6.92 Å². The lowest BCUT2D eigenvalue weighted by molar-refractivity contribution is 0.0670. The summed E-state index contributed by atoms with van der Waals surface area (Å²) in [4.78, 5) is 0. The molecule has 0 aromatic rings. The van der Waals surface area contributed by atoms with Crippen LogP contribution in [0.3, 0.4) is 0 Å². The van der Waals surface area contributed by atoms with E-state index < -0.39 is 8.80 Å². The van der Waals surface area contributed by atoms with Crippen LogP contribution in [0.15, 0.2) is 0 Å². The van der Waals surface area contributed by atoms with Gasteiger partial charge in [0, 0.05) is 32.8 Å². The Kier molecular flexibility index (Phi) is 11.6. The summed E-state index contributed by atoms with van der Waals surface area (Å²) in [6.45, 7) is 12.6. The van der Waals surface area contributed by atoms with E-state index in [4.69, 9.17) is 30.2 Å². The second kappa shape index (κ2) is 11.6. The fraction of sp³-hybridized carbons (Fsp3) is 0.929. The number of hydrogen-bond acceptors (Lipinski definition) is 5. The molecule has 0 spiro atoms. The molecule has 0 aliphatic rings. The lowest BCUT2D eigenvalue weighted by atomic mass is 10.1. The Balaban J connectivity index is 4.28. The molecule has 0 heterocycles. The topological polar surface area (TPSA) is 36.9 Å². The number of rotatable bonds is 12. The van der Waals surface area contributed by atoms with E-state index in [-0.39, 0.29) is 0 Å². The first-order valence-corrected chi connectivity index (χ1v) is 9.88. The maximum Gasteiger partial charge on any atom is 0.501 e. The minimum Gasteiger partial charge on any atom is -0.487 e. The normalized spacial score (nSPS) is 13.2. The zero-order valence-electron chi connectivity index (χ0n) is 13.6. The molecule has 0 aromatic heterocycles. The van der Waals surface area contributed by atoms with E-state index in [9.17, 15) is 0 Å². The van der Waals surface area contributed by atoms with Crippen molar-refractivity contribution in [1.82, 2.24) is 0 Å². The second-order valence-electron chi connectivity index (χ2n) is 4.77. The highest BCUT2D eigenvalue weighted by molar-refractivity contribution is 7.80. The lowest BCUT2D eigenvalue weighted by Gasteiger charge is -2.30. The molecule has 0 bridgehead atoms. The zero-order valence-corrected chi connectivity index (χ0v) is 15.4. The van der Waals surface area contributed by atoms with Gasteiger partial charge in [0.05, 0.1) is 6.61 Å². The van der Waals surface area contributed by atoms with Crippen LogP contribution in [0.5, 0.6) is 0 Å². The Hall–Kier alpha value is -0.0131. The average Bonchev–Trinajstić information content (AvgIpc) is 2.35. The van der Waals surface area contributed by atoms with Gasteiger partial charge in [-0.05, 0) is 51.7 Å². The Bertz CT molecular complexity index is 247. The van der Waals surface area contributed by atoms with Crippen molar-refractivity contribution in [2.75, 3.05) is 26.4 Å². The molecule has 0 fully saturated rings. The van der Waals surface area contributed by atoms with Crippen LogP contribution in [0.2, 0.25) is 6.04 Å². The molecule has 0 rings (SSSR count). The van der Waals surface area contributed by atoms with Gasteiger partial charge in [-0.25, -0.2) is 0 Å². The van der Waals surface area contributed by atoms with Crippen molar-refractivity contribution in [3.8, 4) is 0 Å². The third-order valence-corrected chi connectivity index (χ3v) is 6.34.